The lowest BCUT2D eigenvalue weighted by Gasteiger charge is -2.12. The lowest BCUT2D eigenvalue weighted by Crippen LogP contribution is -2.18. The van der Waals surface area contributed by atoms with Crippen LogP contribution in [0, 0.1) is 0 Å². The Labute approximate surface area is 185 Å². The molecule has 0 aliphatic rings. The summed E-state index contributed by atoms with van der Waals surface area (Å²) in [7, 11) is 1.47. The molecular weight excluding hydrogens is 439 g/mol. The van der Waals surface area contributed by atoms with Crippen molar-refractivity contribution in [3.8, 4) is 22.8 Å². The Morgan fingerprint density at radius 1 is 1.21 bits per heavy atom. The van der Waals surface area contributed by atoms with Crippen molar-refractivity contribution in [2.45, 2.75) is 12.8 Å². The van der Waals surface area contributed by atoms with Crippen LogP contribution in [-0.2, 0) is 12.8 Å². The first-order valence-electron chi connectivity index (χ1n) is 9.66. The Morgan fingerprint density at radius 3 is 2.58 bits per heavy atom. The normalized spacial score (nSPS) is 11.4. The van der Waals surface area contributed by atoms with Gasteiger partial charge in [-0.2, -0.15) is 18.3 Å². The van der Waals surface area contributed by atoms with Crippen molar-refractivity contribution >= 4 is 11.6 Å². The van der Waals surface area contributed by atoms with Crippen molar-refractivity contribution in [1.82, 2.24) is 19.7 Å². The Balaban J connectivity index is 1.72. The minimum Gasteiger partial charge on any atom is -0.497 e. The number of aliphatic hydroxyl groups excluding tert-OH is 1. The van der Waals surface area contributed by atoms with E-state index in [9.17, 15) is 23.1 Å². The molecule has 0 atom stereocenters. The highest BCUT2D eigenvalue weighted by Crippen LogP contribution is 2.33. The number of imidazole rings is 1. The summed E-state index contributed by atoms with van der Waals surface area (Å²) in [5.41, 5.74) is -0.461. The number of hydrogen-bond acceptors (Lipinski definition) is 5. The molecular formula is C22H18F3N5O3. The maximum atomic E-state index is 13.7. The van der Waals surface area contributed by atoms with E-state index < -0.39 is 23.3 Å². The number of halogens is 3. The number of amides is 1. The molecule has 3 N–H and O–H groups in total. The van der Waals surface area contributed by atoms with Crippen LogP contribution in [0.1, 0.15) is 21.6 Å². The number of anilines is 1. The van der Waals surface area contributed by atoms with Gasteiger partial charge >= 0.3 is 6.18 Å². The summed E-state index contributed by atoms with van der Waals surface area (Å²) in [6.07, 6.45) is -0.774. The highest BCUT2D eigenvalue weighted by atomic mass is 19.4. The van der Waals surface area contributed by atoms with E-state index in [0.29, 0.717) is 28.4 Å². The topological polar surface area (TPSA) is 105 Å². The molecule has 170 valence electrons. The molecule has 33 heavy (non-hydrogen) atoms. The number of ether oxygens (including phenoxy) is 1. The van der Waals surface area contributed by atoms with Crippen LogP contribution in [0.3, 0.4) is 0 Å². The summed E-state index contributed by atoms with van der Waals surface area (Å²) < 4.78 is 47.1. The van der Waals surface area contributed by atoms with Crippen LogP contribution in [0.15, 0.2) is 61.1 Å². The minimum absolute atomic E-state index is 0.220. The molecule has 0 bridgehead atoms. The zero-order valence-corrected chi connectivity index (χ0v) is 17.2. The van der Waals surface area contributed by atoms with Crippen molar-refractivity contribution in [2.75, 3.05) is 12.4 Å². The fourth-order valence-corrected chi connectivity index (χ4v) is 3.21. The number of rotatable bonds is 6. The van der Waals surface area contributed by atoms with Gasteiger partial charge in [-0.3, -0.25) is 4.79 Å². The van der Waals surface area contributed by atoms with E-state index in [4.69, 9.17) is 4.74 Å². The number of methoxy groups -OCH3 is 1. The van der Waals surface area contributed by atoms with Crippen molar-refractivity contribution in [3.05, 3.63) is 77.9 Å². The molecule has 0 saturated heterocycles. The average Bonchev–Trinajstić information content (AvgIpc) is 3.50. The summed E-state index contributed by atoms with van der Waals surface area (Å²) in [4.78, 5) is 19.9. The molecule has 1 amide bonds. The molecule has 0 aliphatic carbocycles. The van der Waals surface area contributed by atoms with Crippen LogP contribution in [-0.4, -0.2) is 37.9 Å². The Morgan fingerprint density at radius 2 is 1.97 bits per heavy atom. The maximum Gasteiger partial charge on any atom is 0.435 e. The van der Waals surface area contributed by atoms with Crippen LogP contribution in [0.2, 0.25) is 0 Å². The molecule has 0 fully saturated rings. The van der Waals surface area contributed by atoms with Gasteiger partial charge in [0.05, 0.1) is 30.7 Å². The zero-order chi connectivity index (χ0) is 23.6. The number of benzene rings is 2. The fraction of sp³-hybridized carbons (Fsp3) is 0.136. The smallest absolute Gasteiger partial charge is 0.435 e. The number of aromatic amines is 1. The third kappa shape index (κ3) is 4.58. The monoisotopic (exact) mass is 457 g/mol. The van der Waals surface area contributed by atoms with Gasteiger partial charge in [0.2, 0.25) is 0 Å². The summed E-state index contributed by atoms with van der Waals surface area (Å²) in [6.45, 7) is -0.255. The molecule has 11 heteroatoms. The van der Waals surface area contributed by atoms with Crippen molar-refractivity contribution in [2.24, 2.45) is 0 Å². The molecule has 2 aromatic carbocycles. The van der Waals surface area contributed by atoms with E-state index in [-0.39, 0.29) is 12.3 Å². The minimum atomic E-state index is -4.85. The van der Waals surface area contributed by atoms with Crippen LogP contribution in [0.4, 0.5) is 18.9 Å². The van der Waals surface area contributed by atoms with E-state index in [1.807, 2.05) is 0 Å². The summed E-state index contributed by atoms with van der Waals surface area (Å²) >= 11 is 0. The van der Waals surface area contributed by atoms with Crippen LogP contribution < -0.4 is 10.1 Å². The molecule has 0 aliphatic heterocycles. The SMILES string of the molecule is COc1ccc(-n2cc(C(=O)Nc3ccc(CO)cc3-c3ncc[nH]3)c(C(F)(F)F)n2)cc1. The van der Waals surface area contributed by atoms with E-state index in [1.54, 1.807) is 30.5 Å². The third-order valence-corrected chi connectivity index (χ3v) is 4.83. The van der Waals surface area contributed by atoms with Gasteiger partial charge in [-0.25, -0.2) is 9.67 Å². The van der Waals surface area contributed by atoms with Gasteiger partial charge in [-0.1, -0.05) is 6.07 Å². The second-order valence-corrected chi connectivity index (χ2v) is 6.96. The van der Waals surface area contributed by atoms with Crippen molar-refractivity contribution in [3.63, 3.8) is 0 Å². The zero-order valence-electron chi connectivity index (χ0n) is 17.2. The van der Waals surface area contributed by atoms with E-state index in [1.165, 1.54) is 31.5 Å². The lowest BCUT2D eigenvalue weighted by molar-refractivity contribution is -0.141. The van der Waals surface area contributed by atoms with Crippen molar-refractivity contribution < 1.29 is 27.8 Å². The molecule has 4 rings (SSSR count). The van der Waals surface area contributed by atoms with Gasteiger partial charge in [0.25, 0.3) is 5.91 Å². The van der Waals surface area contributed by atoms with Crippen molar-refractivity contribution in [1.29, 1.82) is 0 Å². The number of hydrogen-bond donors (Lipinski definition) is 3. The number of nitrogens with zero attached hydrogens (tertiary/aromatic N) is 3. The number of carbonyl (C=O) groups excluding carboxylic acids is 1. The number of nitrogens with one attached hydrogen (secondary N) is 2. The number of aromatic nitrogens is 4. The summed E-state index contributed by atoms with van der Waals surface area (Å²) in [6, 6.07) is 10.8. The van der Waals surface area contributed by atoms with Crippen LogP contribution in [0.5, 0.6) is 5.75 Å². The fourth-order valence-electron chi connectivity index (χ4n) is 3.21. The summed E-state index contributed by atoms with van der Waals surface area (Å²) in [5, 5.41) is 15.5. The molecule has 0 spiro atoms. The predicted octanol–water partition coefficient (Wildman–Crippen LogP) is 4.03. The largest absolute Gasteiger partial charge is 0.497 e. The molecule has 2 aromatic heterocycles. The lowest BCUT2D eigenvalue weighted by atomic mass is 10.1. The van der Waals surface area contributed by atoms with Crippen LogP contribution in [0.25, 0.3) is 17.1 Å². The van der Waals surface area contributed by atoms with Gasteiger partial charge in [-0.15, -0.1) is 0 Å². The molecule has 4 aromatic rings. The van der Waals surface area contributed by atoms with E-state index in [2.05, 4.69) is 20.4 Å². The standard InChI is InChI=1S/C22H18F3N5O3/c1-33-15-5-3-14(4-6-15)30-11-17(19(29-30)22(23,24)25)21(32)28-18-7-2-13(12-31)10-16(18)20-26-8-9-27-20/h2-11,31H,12H2,1H3,(H,26,27)(H,28,32). The highest BCUT2D eigenvalue weighted by Gasteiger charge is 2.39. The van der Waals surface area contributed by atoms with E-state index in [0.717, 1.165) is 10.9 Å². The second-order valence-electron chi connectivity index (χ2n) is 6.96. The van der Waals surface area contributed by atoms with Gasteiger partial charge in [-0.05, 0) is 42.0 Å². The Hall–Kier alpha value is -4.12. The Bertz CT molecular complexity index is 1270. The molecule has 0 unspecified atom stereocenters. The van der Waals surface area contributed by atoms with Gasteiger partial charge in [0.1, 0.15) is 11.6 Å². The van der Waals surface area contributed by atoms with Gasteiger partial charge < -0.3 is 20.1 Å². The second kappa shape index (κ2) is 8.79. The number of carbonyl (C=O) groups is 1. The third-order valence-electron chi connectivity index (χ3n) is 4.83. The maximum absolute atomic E-state index is 13.7. The Kier molecular flexibility index (Phi) is 5.88. The molecule has 8 nitrogen and oxygen atoms in total. The summed E-state index contributed by atoms with van der Waals surface area (Å²) in [5.74, 6) is -0.0890. The number of alkyl halides is 3. The average molecular weight is 457 g/mol. The number of aliphatic hydroxyl groups is 1. The highest BCUT2D eigenvalue weighted by molar-refractivity contribution is 6.06. The number of H-pyrrole nitrogens is 1. The van der Waals surface area contributed by atoms with Gasteiger partial charge in [0.15, 0.2) is 5.69 Å². The first-order chi connectivity index (χ1) is 15.8. The molecule has 2 heterocycles. The first kappa shape index (κ1) is 22.1. The predicted molar refractivity (Wildman–Crippen MR) is 113 cm³/mol. The van der Waals surface area contributed by atoms with Gasteiger partial charge in [0, 0.05) is 24.2 Å². The van der Waals surface area contributed by atoms with Crippen LogP contribution >= 0.6 is 0 Å². The molecule has 0 radical (unpaired) electrons. The van der Waals surface area contributed by atoms with E-state index >= 15 is 0 Å². The first-order valence-corrected chi connectivity index (χ1v) is 9.66. The molecule has 0 saturated carbocycles. The quantitative estimate of drug-likeness (QED) is 0.406.